The summed E-state index contributed by atoms with van der Waals surface area (Å²) in [6.07, 6.45) is 1.09. The number of piperazine rings is 1. The van der Waals surface area contributed by atoms with E-state index in [2.05, 4.69) is 0 Å². The second kappa shape index (κ2) is 7.97. The zero-order valence-electron chi connectivity index (χ0n) is 14.3. The van der Waals surface area contributed by atoms with E-state index in [9.17, 15) is 17.6 Å². The predicted molar refractivity (Wildman–Crippen MR) is 96.5 cm³/mol. The van der Waals surface area contributed by atoms with Gasteiger partial charge in [0.1, 0.15) is 5.82 Å². The zero-order valence-corrected chi connectivity index (χ0v) is 15.2. The SMILES string of the molecule is O=C(CCc1ccccc1)N1CCN(S(=O)(=O)c2ccc(F)cc2)CC1. The molecule has 2 aromatic carbocycles. The van der Waals surface area contributed by atoms with E-state index in [1.165, 1.54) is 16.4 Å². The maximum Gasteiger partial charge on any atom is 0.243 e. The average Bonchev–Trinajstić information content (AvgIpc) is 2.67. The summed E-state index contributed by atoms with van der Waals surface area (Å²) in [4.78, 5) is 14.1. The predicted octanol–water partition coefficient (Wildman–Crippen LogP) is 2.29. The zero-order chi connectivity index (χ0) is 18.6. The Hall–Kier alpha value is -2.25. The average molecular weight is 376 g/mol. The molecule has 0 aromatic heterocycles. The number of hydrogen-bond donors (Lipinski definition) is 0. The van der Waals surface area contributed by atoms with Crippen LogP contribution in [-0.4, -0.2) is 49.7 Å². The van der Waals surface area contributed by atoms with Crippen molar-refractivity contribution in [1.29, 1.82) is 0 Å². The molecule has 1 amide bonds. The molecule has 7 heteroatoms. The van der Waals surface area contributed by atoms with Crippen molar-refractivity contribution < 1.29 is 17.6 Å². The molecule has 0 unspecified atom stereocenters. The summed E-state index contributed by atoms with van der Waals surface area (Å²) >= 11 is 0. The van der Waals surface area contributed by atoms with Crippen LogP contribution in [0.25, 0.3) is 0 Å². The van der Waals surface area contributed by atoms with Crippen molar-refractivity contribution in [2.24, 2.45) is 0 Å². The van der Waals surface area contributed by atoms with E-state index >= 15 is 0 Å². The Morgan fingerprint density at radius 2 is 1.54 bits per heavy atom. The van der Waals surface area contributed by atoms with Crippen LogP contribution >= 0.6 is 0 Å². The molecule has 0 spiro atoms. The minimum absolute atomic E-state index is 0.0349. The molecule has 1 heterocycles. The van der Waals surface area contributed by atoms with E-state index in [0.717, 1.165) is 17.7 Å². The quantitative estimate of drug-likeness (QED) is 0.805. The molecular weight excluding hydrogens is 355 g/mol. The monoisotopic (exact) mass is 376 g/mol. The van der Waals surface area contributed by atoms with Crippen molar-refractivity contribution in [2.75, 3.05) is 26.2 Å². The third-order valence-electron chi connectivity index (χ3n) is 4.51. The fourth-order valence-corrected chi connectivity index (χ4v) is 4.41. The van der Waals surface area contributed by atoms with E-state index in [4.69, 9.17) is 0 Å². The molecule has 1 fully saturated rings. The van der Waals surface area contributed by atoms with E-state index in [-0.39, 0.29) is 23.9 Å². The molecule has 138 valence electrons. The summed E-state index contributed by atoms with van der Waals surface area (Å²) in [5.41, 5.74) is 1.11. The van der Waals surface area contributed by atoms with Gasteiger partial charge in [-0.2, -0.15) is 4.31 Å². The lowest BCUT2D eigenvalue weighted by atomic mass is 10.1. The molecule has 0 radical (unpaired) electrons. The van der Waals surface area contributed by atoms with Gasteiger partial charge in [0.15, 0.2) is 0 Å². The van der Waals surface area contributed by atoms with Gasteiger partial charge in [0, 0.05) is 32.6 Å². The highest BCUT2D eigenvalue weighted by Crippen LogP contribution is 2.18. The van der Waals surface area contributed by atoms with Gasteiger partial charge in [-0.1, -0.05) is 30.3 Å². The Labute approximate surface area is 153 Å². The van der Waals surface area contributed by atoms with E-state index < -0.39 is 15.8 Å². The van der Waals surface area contributed by atoms with Crippen LogP contribution in [0.15, 0.2) is 59.5 Å². The maximum absolute atomic E-state index is 13.0. The van der Waals surface area contributed by atoms with Crippen molar-refractivity contribution >= 4 is 15.9 Å². The van der Waals surface area contributed by atoms with Crippen LogP contribution in [0.1, 0.15) is 12.0 Å². The van der Waals surface area contributed by atoms with Crippen LogP contribution in [0.5, 0.6) is 0 Å². The summed E-state index contributed by atoms with van der Waals surface area (Å²) < 4.78 is 39.5. The first-order chi connectivity index (χ1) is 12.5. The van der Waals surface area contributed by atoms with Crippen LogP contribution in [0.2, 0.25) is 0 Å². The summed E-state index contributed by atoms with van der Waals surface area (Å²) in [6, 6.07) is 14.6. The number of sulfonamides is 1. The van der Waals surface area contributed by atoms with Crippen molar-refractivity contribution in [1.82, 2.24) is 9.21 Å². The van der Waals surface area contributed by atoms with Crippen molar-refractivity contribution in [3.63, 3.8) is 0 Å². The molecule has 0 N–H and O–H groups in total. The summed E-state index contributed by atoms with van der Waals surface area (Å²) in [5, 5.41) is 0. The van der Waals surface area contributed by atoms with E-state index in [0.29, 0.717) is 25.9 Å². The third kappa shape index (κ3) is 4.28. The molecule has 3 rings (SSSR count). The van der Waals surface area contributed by atoms with Gasteiger partial charge in [0.05, 0.1) is 4.90 Å². The Morgan fingerprint density at radius 1 is 0.923 bits per heavy atom. The van der Waals surface area contributed by atoms with E-state index in [1.54, 1.807) is 4.90 Å². The number of rotatable bonds is 5. The molecule has 1 aliphatic rings. The van der Waals surface area contributed by atoms with Gasteiger partial charge >= 0.3 is 0 Å². The molecule has 26 heavy (non-hydrogen) atoms. The third-order valence-corrected chi connectivity index (χ3v) is 6.43. The van der Waals surface area contributed by atoms with E-state index in [1.807, 2.05) is 30.3 Å². The fourth-order valence-electron chi connectivity index (χ4n) is 2.99. The summed E-state index contributed by atoms with van der Waals surface area (Å²) in [7, 11) is -3.65. The Balaban J connectivity index is 1.55. The largest absolute Gasteiger partial charge is 0.340 e. The van der Waals surface area contributed by atoms with Gasteiger partial charge in [-0.05, 0) is 36.2 Å². The normalized spacial score (nSPS) is 15.8. The molecule has 1 saturated heterocycles. The fraction of sp³-hybridized carbons (Fsp3) is 0.316. The van der Waals surface area contributed by atoms with Crippen LogP contribution < -0.4 is 0 Å². The number of halogens is 1. The molecule has 0 aliphatic carbocycles. The standard InChI is InChI=1S/C19H21FN2O3S/c20-17-7-9-18(10-8-17)26(24,25)22-14-12-21(13-15-22)19(23)11-6-16-4-2-1-3-5-16/h1-5,7-10H,6,11-15H2. The molecule has 1 aliphatic heterocycles. The molecule has 0 saturated carbocycles. The van der Waals surface area contributed by atoms with Crippen molar-refractivity contribution in [3.8, 4) is 0 Å². The number of carbonyl (C=O) groups excluding carboxylic acids is 1. The Bertz CT molecular complexity index is 846. The number of benzene rings is 2. The summed E-state index contributed by atoms with van der Waals surface area (Å²) in [6.45, 7) is 1.23. The van der Waals surface area contributed by atoms with Crippen LogP contribution in [0.4, 0.5) is 4.39 Å². The first kappa shape index (κ1) is 18.5. The van der Waals surface area contributed by atoms with Crippen LogP contribution in [-0.2, 0) is 21.2 Å². The van der Waals surface area contributed by atoms with Gasteiger partial charge in [0.2, 0.25) is 15.9 Å². The van der Waals surface area contributed by atoms with Gasteiger partial charge in [-0.25, -0.2) is 12.8 Å². The Kier molecular flexibility index (Phi) is 5.68. The van der Waals surface area contributed by atoms with Gasteiger partial charge in [-0.3, -0.25) is 4.79 Å². The van der Waals surface area contributed by atoms with Crippen LogP contribution in [0, 0.1) is 5.82 Å². The number of hydrogen-bond acceptors (Lipinski definition) is 3. The van der Waals surface area contributed by atoms with Gasteiger partial charge in [0.25, 0.3) is 0 Å². The Morgan fingerprint density at radius 3 is 2.15 bits per heavy atom. The highest BCUT2D eigenvalue weighted by atomic mass is 32.2. The van der Waals surface area contributed by atoms with Gasteiger partial charge < -0.3 is 4.90 Å². The maximum atomic E-state index is 13.0. The second-order valence-electron chi connectivity index (χ2n) is 6.22. The van der Waals surface area contributed by atoms with Crippen molar-refractivity contribution in [2.45, 2.75) is 17.7 Å². The summed E-state index contributed by atoms with van der Waals surface area (Å²) in [5.74, 6) is -0.439. The number of aryl methyl sites for hydroxylation is 1. The second-order valence-corrected chi connectivity index (χ2v) is 8.16. The molecule has 0 bridgehead atoms. The lowest BCUT2D eigenvalue weighted by Gasteiger charge is -2.34. The highest BCUT2D eigenvalue weighted by molar-refractivity contribution is 7.89. The van der Waals surface area contributed by atoms with Crippen LogP contribution in [0.3, 0.4) is 0 Å². The molecule has 2 aromatic rings. The minimum Gasteiger partial charge on any atom is -0.340 e. The van der Waals surface area contributed by atoms with Gasteiger partial charge in [-0.15, -0.1) is 0 Å². The first-order valence-corrected chi connectivity index (χ1v) is 9.98. The lowest BCUT2D eigenvalue weighted by molar-refractivity contribution is -0.132. The minimum atomic E-state index is -3.65. The lowest BCUT2D eigenvalue weighted by Crippen LogP contribution is -2.50. The molecular formula is C19H21FN2O3S. The molecule has 0 atom stereocenters. The number of nitrogens with zero attached hydrogens (tertiary/aromatic N) is 2. The molecule has 5 nitrogen and oxygen atoms in total. The highest BCUT2D eigenvalue weighted by Gasteiger charge is 2.29. The number of carbonyl (C=O) groups is 1. The smallest absolute Gasteiger partial charge is 0.243 e. The van der Waals surface area contributed by atoms with Crippen molar-refractivity contribution in [3.05, 3.63) is 66.0 Å². The first-order valence-electron chi connectivity index (χ1n) is 8.54. The topological polar surface area (TPSA) is 57.7 Å². The number of amides is 1.